The van der Waals surface area contributed by atoms with Gasteiger partial charge in [-0.05, 0) is 30.5 Å². The fourth-order valence-electron chi connectivity index (χ4n) is 2.24. The molecule has 0 aliphatic carbocycles. The minimum absolute atomic E-state index is 0.0527. The number of hydrogen-bond donors (Lipinski definition) is 1. The van der Waals surface area contributed by atoms with Crippen molar-refractivity contribution in [3.63, 3.8) is 0 Å². The lowest BCUT2D eigenvalue weighted by Crippen LogP contribution is -2.22. The number of benzene rings is 2. The molecule has 1 unspecified atom stereocenters. The number of thioether (sulfide) groups is 1. The van der Waals surface area contributed by atoms with Gasteiger partial charge in [-0.25, -0.2) is 4.98 Å². The number of halogens is 1. The zero-order valence-corrected chi connectivity index (χ0v) is 14.1. The van der Waals surface area contributed by atoms with Crippen LogP contribution in [-0.2, 0) is 4.79 Å². The van der Waals surface area contributed by atoms with E-state index < -0.39 is 0 Å². The van der Waals surface area contributed by atoms with Gasteiger partial charge in [-0.3, -0.25) is 4.79 Å². The molecule has 1 heterocycles. The second-order valence-corrected chi connectivity index (χ2v) is 6.89. The van der Waals surface area contributed by atoms with E-state index in [0.29, 0.717) is 5.02 Å². The summed E-state index contributed by atoms with van der Waals surface area (Å²) in [5.41, 5.74) is 0.824. The molecule has 3 aromatic rings. The van der Waals surface area contributed by atoms with Crippen LogP contribution >= 0.6 is 23.4 Å². The van der Waals surface area contributed by atoms with Gasteiger partial charge in [0.2, 0.25) is 5.91 Å². The van der Waals surface area contributed by atoms with E-state index in [0.717, 1.165) is 21.5 Å². The summed E-state index contributed by atoms with van der Waals surface area (Å²) in [7, 11) is 0. The first-order valence-corrected chi connectivity index (χ1v) is 8.46. The molecule has 116 valence electrons. The van der Waals surface area contributed by atoms with Crippen molar-refractivity contribution in [2.24, 2.45) is 0 Å². The lowest BCUT2D eigenvalue weighted by molar-refractivity contribution is -0.115. The number of hydrogen-bond acceptors (Lipinski definition) is 3. The summed E-state index contributed by atoms with van der Waals surface area (Å²) in [6.45, 7) is 1.86. The molecule has 0 aliphatic heterocycles. The molecule has 3 rings (SSSR count). The number of carbonyl (C=O) groups is 1. The van der Waals surface area contributed by atoms with Crippen molar-refractivity contribution in [3.8, 4) is 0 Å². The van der Waals surface area contributed by atoms with Gasteiger partial charge in [-0.2, -0.15) is 0 Å². The van der Waals surface area contributed by atoms with Gasteiger partial charge in [-0.15, -0.1) is 0 Å². The quantitative estimate of drug-likeness (QED) is 0.678. The van der Waals surface area contributed by atoms with Gasteiger partial charge in [0, 0.05) is 17.3 Å². The molecule has 3 nitrogen and oxygen atoms in total. The van der Waals surface area contributed by atoms with Gasteiger partial charge >= 0.3 is 0 Å². The number of fused-ring (bicyclic) bond motifs is 1. The molecule has 0 bridgehead atoms. The monoisotopic (exact) mass is 342 g/mol. The first kappa shape index (κ1) is 15.8. The molecular weight excluding hydrogens is 328 g/mol. The van der Waals surface area contributed by atoms with E-state index in [1.807, 2.05) is 55.5 Å². The molecule has 1 atom stereocenters. The predicted octanol–water partition coefficient (Wildman–Crippen LogP) is 5.01. The third-order valence-electron chi connectivity index (χ3n) is 3.41. The van der Waals surface area contributed by atoms with Crippen molar-refractivity contribution in [2.75, 3.05) is 5.32 Å². The van der Waals surface area contributed by atoms with Gasteiger partial charge in [0.1, 0.15) is 0 Å². The van der Waals surface area contributed by atoms with E-state index in [9.17, 15) is 4.79 Å². The fourth-order valence-corrected chi connectivity index (χ4v) is 3.14. The maximum atomic E-state index is 12.4. The first-order valence-electron chi connectivity index (χ1n) is 7.20. The normalized spacial score (nSPS) is 12.1. The minimum atomic E-state index is -0.261. The number of amides is 1. The van der Waals surface area contributed by atoms with E-state index in [-0.39, 0.29) is 11.2 Å². The SMILES string of the molecule is CC(Sc1ccc(Cl)cn1)C(=O)Nc1cccc2ccccc12. The van der Waals surface area contributed by atoms with E-state index in [4.69, 9.17) is 11.6 Å². The van der Waals surface area contributed by atoms with Crippen molar-refractivity contribution in [1.82, 2.24) is 4.98 Å². The number of nitrogens with zero attached hydrogens (tertiary/aromatic N) is 1. The second kappa shape index (κ2) is 7.02. The van der Waals surface area contributed by atoms with Crippen LogP contribution in [-0.4, -0.2) is 16.1 Å². The Bertz CT molecular complexity index is 831. The van der Waals surface area contributed by atoms with Crippen molar-refractivity contribution in [1.29, 1.82) is 0 Å². The standard InChI is InChI=1S/C18H15ClN2OS/c1-12(23-17-10-9-14(19)11-20-17)18(22)21-16-8-4-6-13-5-2-3-7-15(13)16/h2-12H,1H3,(H,21,22). The van der Waals surface area contributed by atoms with Crippen LogP contribution in [0.1, 0.15) is 6.92 Å². The molecule has 1 N–H and O–H groups in total. The maximum absolute atomic E-state index is 12.4. The Hall–Kier alpha value is -2.04. The average Bonchev–Trinajstić information content (AvgIpc) is 2.57. The molecule has 0 fully saturated rings. The molecule has 0 saturated heterocycles. The summed E-state index contributed by atoms with van der Waals surface area (Å²) < 4.78 is 0. The Morgan fingerprint density at radius 2 is 1.91 bits per heavy atom. The van der Waals surface area contributed by atoms with Crippen molar-refractivity contribution in [2.45, 2.75) is 17.2 Å². The minimum Gasteiger partial charge on any atom is -0.325 e. The summed E-state index contributed by atoms with van der Waals surface area (Å²) in [4.78, 5) is 16.7. The Labute approximate surface area is 144 Å². The molecule has 5 heteroatoms. The van der Waals surface area contributed by atoms with Crippen molar-refractivity contribution >= 4 is 45.7 Å². The predicted molar refractivity (Wildman–Crippen MR) is 97.1 cm³/mol. The van der Waals surface area contributed by atoms with E-state index in [2.05, 4.69) is 10.3 Å². The Morgan fingerprint density at radius 1 is 1.13 bits per heavy atom. The van der Waals surface area contributed by atoms with Gasteiger partial charge in [0.25, 0.3) is 0 Å². The Kier molecular flexibility index (Phi) is 4.84. The Balaban J connectivity index is 1.74. The highest BCUT2D eigenvalue weighted by molar-refractivity contribution is 8.00. The van der Waals surface area contributed by atoms with E-state index in [1.165, 1.54) is 11.8 Å². The maximum Gasteiger partial charge on any atom is 0.237 e. The molecule has 0 aliphatic rings. The molecular formula is C18H15ClN2OS. The Morgan fingerprint density at radius 3 is 2.70 bits per heavy atom. The number of pyridine rings is 1. The van der Waals surface area contributed by atoms with Crippen LogP contribution in [0, 0.1) is 0 Å². The van der Waals surface area contributed by atoms with Crippen molar-refractivity contribution < 1.29 is 4.79 Å². The van der Waals surface area contributed by atoms with Crippen LogP contribution in [0.3, 0.4) is 0 Å². The summed E-state index contributed by atoms with van der Waals surface area (Å²) in [6.07, 6.45) is 1.58. The van der Waals surface area contributed by atoms with E-state index >= 15 is 0 Å². The average molecular weight is 343 g/mol. The first-order chi connectivity index (χ1) is 11.1. The summed E-state index contributed by atoms with van der Waals surface area (Å²) in [5.74, 6) is -0.0527. The van der Waals surface area contributed by atoms with Gasteiger partial charge in [0.05, 0.1) is 15.3 Å². The highest BCUT2D eigenvalue weighted by atomic mass is 35.5. The largest absolute Gasteiger partial charge is 0.325 e. The van der Waals surface area contributed by atoms with Crippen LogP contribution in [0.2, 0.25) is 5.02 Å². The smallest absolute Gasteiger partial charge is 0.237 e. The topological polar surface area (TPSA) is 42.0 Å². The number of nitrogens with one attached hydrogen (secondary N) is 1. The zero-order chi connectivity index (χ0) is 16.2. The molecule has 0 radical (unpaired) electrons. The highest BCUT2D eigenvalue weighted by Crippen LogP contribution is 2.26. The van der Waals surface area contributed by atoms with Crippen LogP contribution in [0.15, 0.2) is 65.8 Å². The van der Waals surface area contributed by atoms with Gasteiger partial charge in [0.15, 0.2) is 0 Å². The molecule has 0 saturated carbocycles. The highest BCUT2D eigenvalue weighted by Gasteiger charge is 2.16. The third-order valence-corrected chi connectivity index (χ3v) is 4.69. The molecule has 0 spiro atoms. The zero-order valence-electron chi connectivity index (χ0n) is 12.5. The second-order valence-electron chi connectivity index (χ2n) is 5.09. The molecule has 1 amide bonds. The lowest BCUT2D eigenvalue weighted by Gasteiger charge is -2.13. The summed E-state index contributed by atoms with van der Waals surface area (Å²) in [5, 5.41) is 6.23. The summed E-state index contributed by atoms with van der Waals surface area (Å²) in [6, 6.07) is 17.5. The van der Waals surface area contributed by atoms with Crippen LogP contribution in [0.4, 0.5) is 5.69 Å². The number of anilines is 1. The van der Waals surface area contributed by atoms with Crippen molar-refractivity contribution in [3.05, 3.63) is 65.8 Å². The third kappa shape index (κ3) is 3.84. The molecule has 2 aromatic carbocycles. The van der Waals surface area contributed by atoms with Gasteiger partial charge in [-0.1, -0.05) is 59.8 Å². The van der Waals surface area contributed by atoms with Crippen LogP contribution < -0.4 is 5.32 Å². The molecule has 23 heavy (non-hydrogen) atoms. The van der Waals surface area contributed by atoms with E-state index in [1.54, 1.807) is 12.3 Å². The van der Waals surface area contributed by atoms with Crippen LogP contribution in [0.5, 0.6) is 0 Å². The number of rotatable bonds is 4. The number of carbonyl (C=O) groups excluding carboxylic acids is 1. The van der Waals surface area contributed by atoms with Crippen LogP contribution in [0.25, 0.3) is 10.8 Å². The molecule has 1 aromatic heterocycles. The number of aromatic nitrogens is 1. The fraction of sp³-hybridized carbons (Fsp3) is 0.111. The lowest BCUT2D eigenvalue weighted by atomic mass is 10.1. The van der Waals surface area contributed by atoms with Gasteiger partial charge < -0.3 is 5.32 Å². The summed E-state index contributed by atoms with van der Waals surface area (Å²) >= 11 is 7.23.